The maximum Gasteiger partial charge on any atom is 0.118 e. The van der Waals surface area contributed by atoms with E-state index in [1.807, 2.05) is 7.05 Å². The lowest BCUT2D eigenvalue weighted by atomic mass is 9.96. The third-order valence-corrected chi connectivity index (χ3v) is 4.43. The van der Waals surface area contributed by atoms with E-state index in [-0.39, 0.29) is 0 Å². The van der Waals surface area contributed by atoms with Crippen molar-refractivity contribution < 1.29 is 4.42 Å². The molecular formula is C18H24N2O. The zero-order valence-corrected chi connectivity index (χ0v) is 13.1. The van der Waals surface area contributed by atoms with Gasteiger partial charge in [0.1, 0.15) is 11.5 Å². The summed E-state index contributed by atoms with van der Waals surface area (Å²) < 4.78 is 5.83. The number of hydrogen-bond acceptors (Lipinski definition) is 3. The van der Waals surface area contributed by atoms with Crippen molar-refractivity contribution in [3.8, 4) is 0 Å². The predicted octanol–water partition coefficient (Wildman–Crippen LogP) is 3.65. The van der Waals surface area contributed by atoms with Gasteiger partial charge in [-0.2, -0.15) is 0 Å². The summed E-state index contributed by atoms with van der Waals surface area (Å²) in [5.74, 6) is 2.05. The Bertz CT molecular complexity index is 617. The number of benzene rings is 1. The van der Waals surface area contributed by atoms with Gasteiger partial charge in [0.25, 0.3) is 0 Å². The minimum atomic E-state index is 0.571. The van der Waals surface area contributed by atoms with Crippen LogP contribution in [-0.4, -0.2) is 13.1 Å². The first-order chi connectivity index (χ1) is 10.2. The molecule has 0 amide bonds. The van der Waals surface area contributed by atoms with Crippen molar-refractivity contribution in [2.45, 2.75) is 45.8 Å². The molecule has 1 N–H and O–H groups in total. The Morgan fingerprint density at radius 3 is 2.95 bits per heavy atom. The van der Waals surface area contributed by atoms with Crippen LogP contribution < -0.4 is 10.2 Å². The van der Waals surface area contributed by atoms with E-state index in [0.717, 1.165) is 24.6 Å². The van der Waals surface area contributed by atoms with Crippen molar-refractivity contribution in [3.05, 3.63) is 53.0 Å². The highest BCUT2D eigenvalue weighted by atomic mass is 16.3. The van der Waals surface area contributed by atoms with Crippen LogP contribution in [0.25, 0.3) is 0 Å². The van der Waals surface area contributed by atoms with Gasteiger partial charge >= 0.3 is 0 Å². The standard InChI is InChI=1S/C18H24N2O/c1-13-8-9-15-6-4-5-7-18(15)20(13)12-16-10-17(11-19-3)21-14(16)2/h4-7,10,13,19H,8-9,11-12H2,1-3H3. The van der Waals surface area contributed by atoms with Gasteiger partial charge in [-0.05, 0) is 51.4 Å². The summed E-state index contributed by atoms with van der Waals surface area (Å²) in [6, 6.07) is 11.5. The van der Waals surface area contributed by atoms with Crippen molar-refractivity contribution in [3.63, 3.8) is 0 Å². The van der Waals surface area contributed by atoms with E-state index < -0.39 is 0 Å². The third kappa shape index (κ3) is 2.84. The molecule has 3 nitrogen and oxygen atoms in total. The second-order valence-electron chi connectivity index (χ2n) is 5.97. The van der Waals surface area contributed by atoms with Crippen molar-refractivity contribution in [2.24, 2.45) is 0 Å². The SMILES string of the molecule is CNCc1cc(CN2c3ccccc3CCC2C)c(C)o1. The van der Waals surface area contributed by atoms with Crippen LogP contribution >= 0.6 is 0 Å². The molecule has 1 aromatic carbocycles. The molecule has 21 heavy (non-hydrogen) atoms. The molecule has 0 radical (unpaired) electrons. The summed E-state index contributed by atoms with van der Waals surface area (Å²) in [4.78, 5) is 2.51. The minimum Gasteiger partial charge on any atom is -0.465 e. The largest absolute Gasteiger partial charge is 0.465 e. The van der Waals surface area contributed by atoms with Gasteiger partial charge in [0.15, 0.2) is 0 Å². The molecule has 1 unspecified atom stereocenters. The van der Waals surface area contributed by atoms with E-state index >= 15 is 0 Å². The summed E-state index contributed by atoms with van der Waals surface area (Å²) >= 11 is 0. The number of anilines is 1. The molecule has 0 fully saturated rings. The van der Waals surface area contributed by atoms with Crippen LogP contribution in [0.5, 0.6) is 0 Å². The molecule has 1 atom stereocenters. The maximum absolute atomic E-state index is 5.83. The van der Waals surface area contributed by atoms with E-state index in [0.29, 0.717) is 6.04 Å². The molecule has 112 valence electrons. The monoisotopic (exact) mass is 284 g/mol. The van der Waals surface area contributed by atoms with Crippen LogP contribution in [0.15, 0.2) is 34.7 Å². The number of aryl methyl sites for hydroxylation is 2. The Hall–Kier alpha value is -1.74. The van der Waals surface area contributed by atoms with Gasteiger partial charge in [0, 0.05) is 23.8 Å². The van der Waals surface area contributed by atoms with E-state index in [9.17, 15) is 0 Å². The molecule has 3 heteroatoms. The Morgan fingerprint density at radius 2 is 2.14 bits per heavy atom. The fraction of sp³-hybridized carbons (Fsp3) is 0.444. The topological polar surface area (TPSA) is 28.4 Å². The highest BCUT2D eigenvalue weighted by Gasteiger charge is 2.23. The highest BCUT2D eigenvalue weighted by Crippen LogP contribution is 2.32. The van der Waals surface area contributed by atoms with Crippen molar-refractivity contribution in [1.29, 1.82) is 0 Å². The van der Waals surface area contributed by atoms with Crippen molar-refractivity contribution in [2.75, 3.05) is 11.9 Å². The fourth-order valence-electron chi connectivity index (χ4n) is 3.19. The summed E-state index contributed by atoms with van der Waals surface area (Å²) in [6.07, 6.45) is 2.40. The number of hydrogen-bond donors (Lipinski definition) is 1. The molecule has 0 spiro atoms. The second-order valence-corrected chi connectivity index (χ2v) is 5.97. The summed E-state index contributed by atoms with van der Waals surface area (Å²) in [6.45, 7) is 6.10. The molecule has 0 bridgehead atoms. The summed E-state index contributed by atoms with van der Waals surface area (Å²) in [5, 5.41) is 3.15. The zero-order chi connectivity index (χ0) is 14.8. The molecule has 2 heterocycles. The normalized spacial score (nSPS) is 17.9. The Balaban J connectivity index is 1.87. The van der Waals surface area contributed by atoms with Crippen LogP contribution in [0.4, 0.5) is 5.69 Å². The number of furan rings is 1. The highest BCUT2D eigenvalue weighted by molar-refractivity contribution is 5.56. The van der Waals surface area contributed by atoms with Gasteiger partial charge < -0.3 is 14.6 Å². The molecule has 0 saturated heterocycles. The molecule has 1 aliphatic rings. The van der Waals surface area contributed by atoms with Crippen LogP contribution in [0, 0.1) is 6.92 Å². The van der Waals surface area contributed by atoms with Gasteiger partial charge in [-0.1, -0.05) is 18.2 Å². The molecule has 0 aliphatic carbocycles. The zero-order valence-electron chi connectivity index (χ0n) is 13.1. The maximum atomic E-state index is 5.83. The van der Waals surface area contributed by atoms with Crippen LogP contribution in [-0.2, 0) is 19.5 Å². The Labute approximate surface area is 127 Å². The molecular weight excluding hydrogens is 260 g/mol. The summed E-state index contributed by atoms with van der Waals surface area (Å²) in [5.41, 5.74) is 4.14. The number of para-hydroxylation sites is 1. The van der Waals surface area contributed by atoms with Gasteiger partial charge in [-0.3, -0.25) is 0 Å². The molecule has 1 aromatic heterocycles. The first-order valence-corrected chi connectivity index (χ1v) is 7.76. The van der Waals surface area contributed by atoms with E-state index in [1.165, 1.54) is 29.7 Å². The Kier molecular flexibility index (Phi) is 4.02. The lowest BCUT2D eigenvalue weighted by Crippen LogP contribution is -2.36. The predicted molar refractivity (Wildman–Crippen MR) is 86.6 cm³/mol. The van der Waals surface area contributed by atoms with Gasteiger partial charge in [-0.15, -0.1) is 0 Å². The van der Waals surface area contributed by atoms with Crippen LogP contribution in [0.1, 0.15) is 36.0 Å². The lowest BCUT2D eigenvalue weighted by Gasteiger charge is -2.37. The van der Waals surface area contributed by atoms with E-state index in [1.54, 1.807) is 0 Å². The smallest absolute Gasteiger partial charge is 0.118 e. The third-order valence-electron chi connectivity index (χ3n) is 4.43. The number of rotatable bonds is 4. The average molecular weight is 284 g/mol. The summed E-state index contributed by atoms with van der Waals surface area (Å²) in [7, 11) is 1.94. The number of nitrogens with one attached hydrogen (secondary N) is 1. The first kappa shape index (κ1) is 14.2. The van der Waals surface area contributed by atoms with Crippen molar-refractivity contribution in [1.82, 2.24) is 5.32 Å². The van der Waals surface area contributed by atoms with E-state index in [2.05, 4.69) is 54.4 Å². The van der Waals surface area contributed by atoms with Crippen LogP contribution in [0.2, 0.25) is 0 Å². The molecule has 0 saturated carbocycles. The van der Waals surface area contributed by atoms with Gasteiger partial charge in [0.2, 0.25) is 0 Å². The van der Waals surface area contributed by atoms with Crippen LogP contribution in [0.3, 0.4) is 0 Å². The molecule has 2 aromatic rings. The minimum absolute atomic E-state index is 0.571. The van der Waals surface area contributed by atoms with E-state index in [4.69, 9.17) is 4.42 Å². The average Bonchev–Trinajstić information content (AvgIpc) is 2.82. The number of fused-ring (bicyclic) bond motifs is 1. The molecule has 1 aliphatic heterocycles. The number of nitrogens with zero attached hydrogens (tertiary/aromatic N) is 1. The van der Waals surface area contributed by atoms with Crippen molar-refractivity contribution >= 4 is 5.69 Å². The van der Waals surface area contributed by atoms with Gasteiger partial charge in [0.05, 0.1) is 6.54 Å². The molecule has 3 rings (SSSR count). The first-order valence-electron chi connectivity index (χ1n) is 7.76. The Morgan fingerprint density at radius 1 is 1.33 bits per heavy atom. The second kappa shape index (κ2) is 5.94. The quantitative estimate of drug-likeness (QED) is 0.929. The fourth-order valence-corrected chi connectivity index (χ4v) is 3.19. The lowest BCUT2D eigenvalue weighted by molar-refractivity contribution is 0.467. The van der Waals surface area contributed by atoms with Gasteiger partial charge in [-0.25, -0.2) is 0 Å².